The molecular formula is C38H42N4O6. The molecule has 2 aliphatic heterocycles. The second-order valence-electron chi connectivity index (χ2n) is 12.4. The number of rotatable bonds is 11. The van der Waals surface area contributed by atoms with Crippen LogP contribution in [0, 0.1) is 13.8 Å². The summed E-state index contributed by atoms with van der Waals surface area (Å²) >= 11 is 0. The Bertz CT molecular complexity index is 2040. The van der Waals surface area contributed by atoms with E-state index in [-0.39, 0.29) is 30.7 Å². The van der Waals surface area contributed by atoms with E-state index in [0.29, 0.717) is 31.4 Å². The van der Waals surface area contributed by atoms with Gasteiger partial charge in [-0.05, 0) is 116 Å². The van der Waals surface area contributed by atoms with E-state index in [1.165, 1.54) is 14.2 Å². The van der Waals surface area contributed by atoms with E-state index in [0.717, 1.165) is 96.3 Å². The molecule has 0 amide bonds. The molecule has 0 radical (unpaired) electrons. The standard InChI is InChI=1S/C38H42N4O6/c1-20(19-44)38-24(5)31-16-32-25(9-8-14-43)21(2)28(39-32)15-29-22(3)26(10-12-36(45)47-6)33(40-29)18-34-27(11-13-37(46)48-7)23(4)30(41-34)17-35(38)42-31/h14-20,41-42H,8-13H2,1-7H3. The molecule has 2 aliphatic rings. The Labute approximate surface area is 279 Å². The van der Waals surface area contributed by atoms with Crippen molar-refractivity contribution in [1.29, 1.82) is 0 Å². The zero-order chi connectivity index (χ0) is 34.7. The van der Waals surface area contributed by atoms with Gasteiger partial charge in [0.05, 0.1) is 37.0 Å². The number of H-pyrrole nitrogens is 2. The molecule has 8 bridgehead atoms. The molecule has 1 unspecified atom stereocenters. The van der Waals surface area contributed by atoms with Crippen LogP contribution in [0.25, 0.3) is 44.4 Å². The number of ether oxygens (including phenoxy) is 2. The van der Waals surface area contributed by atoms with E-state index < -0.39 is 0 Å². The highest BCUT2D eigenvalue weighted by atomic mass is 16.5. The number of aromatic nitrogens is 4. The molecular weight excluding hydrogens is 608 g/mol. The third-order valence-corrected chi connectivity index (χ3v) is 9.50. The van der Waals surface area contributed by atoms with Crippen LogP contribution >= 0.6 is 0 Å². The lowest BCUT2D eigenvalue weighted by molar-refractivity contribution is -0.141. The average molecular weight is 651 g/mol. The highest BCUT2D eigenvalue weighted by molar-refractivity contribution is 5.96. The van der Waals surface area contributed by atoms with Crippen LogP contribution in [0.2, 0.25) is 0 Å². The molecule has 0 aliphatic carbocycles. The van der Waals surface area contributed by atoms with Gasteiger partial charge in [0.25, 0.3) is 0 Å². The fourth-order valence-corrected chi connectivity index (χ4v) is 6.65. The molecule has 3 aromatic heterocycles. The molecule has 0 fully saturated rings. The predicted molar refractivity (Wildman–Crippen MR) is 187 cm³/mol. The lowest BCUT2D eigenvalue weighted by atomic mass is 9.98. The van der Waals surface area contributed by atoms with Crippen molar-refractivity contribution in [1.82, 2.24) is 19.9 Å². The number of carbonyl (C=O) groups is 4. The van der Waals surface area contributed by atoms with Gasteiger partial charge >= 0.3 is 11.9 Å². The minimum Gasteiger partial charge on any atom is -0.469 e. The summed E-state index contributed by atoms with van der Waals surface area (Å²) in [6.45, 7) is 9.87. The fourth-order valence-electron chi connectivity index (χ4n) is 6.65. The second-order valence-corrected chi connectivity index (χ2v) is 12.4. The molecule has 10 heteroatoms. The third kappa shape index (κ3) is 6.65. The van der Waals surface area contributed by atoms with Crippen molar-refractivity contribution < 1.29 is 28.7 Å². The summed E-state index contributed by atoms with van der Waals surface area (Å²) in [7, 11) is 2.75. The minimum absolute atomic E-state index is 0.190. The van der Waals surface area contributed by atoms with Crippen molar-refractivity contribution >= 4 is 68.9 Å². The van der Waals surface area contributed by atoms with Crippen LogP contribution in [-0.2, 0) is 35.1 Å². The van der Waals surface area contributed by atoms with Crippen LogP contribution in [0.5, 0.6) is 0 Å². The number of allylic oxidation sites excluding steroid dienone is 4. The highest BCUT2D eigenvalue weighted by Gasteiger charge is 2.23. The number of nitrogens with one attached hydrogen (secondary N) is 2. The molecule has 5 heterocycles. The Balaban J connectivity index is 1.92. The van der Waals surface area contributed by atoms with Gasteiger partial charge in [0.2, 0.25) is 0 Å². The maximum absolute atomic E-state index is 12.2. The minimum atomic E-state index is -0.378. The quantitative estimate of drug-likeness (QED) is 0.165. The Morgan fingerprint density at radius 3 is 1.83 bits per heavy atom. The van der Waals surface area contributed by atoms with E-state index in [9.17, 15) is 19.2 Å². The molecule has 0 saturated carbocycles. The molecule has 1 atom stereocenters. The number of aromatic amines is 2. The number of esters is 2. The van der Waals surface area contributed by atoms with Gasteiger partial charge in [-0.2, -0.15) is 0 Å². The average Bonchev–Trinajstić information content (AvgIpc) is 3.74. The van der Waals surface area contributed by atoms with E-state index in [1.54, 1.807) is 0 Å². The van der Waals surface area contributed by atoms with Gasteiger partial charge in [-0.15, -0.1) is 0 Å². The van der Waals surface area contributed by atoms with Gasteiger partial charge in [-0.25, -0.2) is 9.97 Å². The number of aryl methyl sites for hydroxylation is 3. The smallest absolute Gasteiger partial charge is 0.305 e. The second kappa shape index (κ2) is 14.3. The zero-order valence-corrected chi connectivity index (χ0v) is 28.6. The van der Waals surface area contributed by atoms with E-state index in [2.05, 4.69) is 9.97 Å². The lowest BCUT2D eigenvalue weighted by Crippen LogP contribution is -2.02. The predicted octanol–water partition coefficient (Wildman–Crippen LogP) is 7.13. The molecule has 250 valence electrons. The van der Waals surface area contributed by atoms with Crippen LogP contribution in [0.15, 0.2) is 24.3 Å². The summed E-state index contributed by atoms with van der Waals surface area (Å²) in [5.41, 5.74) is 13.6. The summed E-state index contributed by atoms with van der Waals surface area (Å²) in [4.78, 5) is 65.2. The van der Waals surface area contributed by atoms with Gasteiger partial charge in [0.1, 0.15) is 12.6 Å². The van der Waals surface area contributed by atoms with Crippen molar-refractivity contribution in [3.63, 3.8) is 0 Å². The molecule has 3 aromatic rings. The fraction of sp³-hybridized carbons (Fsp3) is 0.368. The molecule has 0 spiro atoms. The Morgan fingerprint density at radius 2 is 1.25 bits per heavy atom. The lowest BCUT2D eigenvalue weighted by Gasteiger charge is -2.05. The molecule has 5 rings (SSSR count). The normalized spacial score (nSPS) is 13.5. The molecule has 0 saturated heterocycles. The first-order chi connectivity index (χ1) is 23.0. The Morgan fingerprint density at radius 1 is 0.708 bits per heavy atom. The number of fused-ring (bicyclic) bond motifs is 8. The van der Waals surface area contributed by atoms with Crippen LogP contribution in [0.4, 0.5) is 0 Å². The number of hydrogen-bond donors (Lipinski definition) is 2. The third-order valence-electron chi connectivity index (χ3n) is 9.50. The summed E-state index contributed by atoms with van der Waals surface area (Å²) in [5.74, 6) is -1.00. The zero-order valence-electron chi connectivity index (χ0n) is 28.6. The number of carbonyl (C=O) groups excluding carboxylic acids is 4. The van der Waals surface area contributed by atoms with E-state index >= 15 is 0 Å². The summed E-state index contributed by atoms with van der Waals surface area (Å²) in [5, 5.41) is 0. The summed E-state index contributed by atoms with van der Waals surface area (Å²) in [6, 6.07) is 7.93. The number of hydrogen-bond acceptors (Lipinski definition) is 8. The van der Waals surface area contributed by atoms with Crippen molar-refractivity contribution in [2.75, 3.05) is 14.2 Å². The Kier molecular flexibility index (Phi) is 10.2. The van der Waals surface area contributed by atoms with E-state index in [1.807, 2.05) is 58.9 Å². The van der Waals surface area contributed by atoms with Crippen molar-refractivity contribution in [2.24, 2.45) is 0 Å². The van der Waals surface area contributed by atoms with E-state index in [4.69, 9.17) is 19.4 Å². The largest absolute Gasteiger partial charge is 0.469 e. The van der Waals surface area contributed by atoms with Gasteiger partial charge in [-0.1, -0.05) is 6.92 Å². The van der Waals surface area contributed by atoms with Gasteiger partial charge in [-0.3, -0.25) is 9.59 Å². The van der Waals surface area contributed by atoms with Gasteiger partial charge in [0.15, 0.2) is 0 Å². The number of aldehydes is 2. The van der Waals surface area contributed by atoms with Crippen LogP contribution in [0.3, 0.4) is 0 Å². The van der Waals surface area contributed by atoms with Crippen molar-refractivity contribution in [3.05, 3.63) is 69.3 Å². The topological polar surface area (TPSA) is 144 Å². The van der Waals surface area contributed by atoms with Crippen LogP contribution < -0.4 is 0 Å². The highest BCUT2D eigenvalue weighted by Crippen LogP contribution is 2.38. The van der Waals surface area contributed by atoms with Crippen molar-refractivity contribution in [2.45, 2.75) is 79.1 Å². The Hall–Kier alpha value is -5.12. The number of nitrogens with zero attached hydrogens (tertiary/aromatic N) is 2. The van der Waals surface area contributed by atoms with Crippen LogP contribution in [-0.4, -0.2) is 58.7 Å². The monoisotopic (exact) mass is 650 g/mol. The first kappa shape index (κ1) is 34.2. The maximum atomic E-state index is 12.2. The van der Waals surface area contributed by atoms with Crippen molar-refractivity contribution in [3.8, 4) is 0 Å². The van der Waals surface area contributed by atoms with Gasteiger partial charge in [0, 0.05) is 47.2 Å². The summed E-state index contributed by atoms with van der Waals surface area (Å²) < 4.78 is 9.89. The first-order valence-corrected chi connectivity index (χ1v) is 16.2. The maximum Gasteiger partial charge on any atom is 0.305 e. The molecule has 10 nitrogen and oxygen atoms in total. The summed E-state index contributed by atoms with van der Waals surface area (Å²) in [6.07, 6.45) is 4.00. The molecule has 48 heavy (non-hydrogen) atoms. The first-order valence-electron chi connectivity index (χ1n) is 16.2. The van der Waals surface area contributed by atoms with Crippen LogP contribution in [0.1, 0.15) is 104 Å². The number of methoxy groups -OCH3 is 2. The van der Waals surface area contributed by atoms with Gasteiger partial charge < -0.3 is 29.0 Å². The molecule has 2 N–H and O–H groups in total. The molecule has 0 aromatic carbocycles. The SMILES string of the molecule is COC(=O)CCC1=C(C)c2cc3nc(cc4[nH]c(cc5[nH]c(cc1n2)c(CCC(=O)OC)c5C)c(C(C)C=O)c4C)C(CCC=O)=C3C.